The fourth-order valence-electron chi connectivity index (χ4n) is 2.60. The van der Waals surface area contributed by atoms with Crippen molar-refractivity contribution in [3.63, 3.8) is 0 Å². The molecule has 2 fully saturated rings. The van der Waals surface area contributed by atoms with E-state index in [1.54, 1.807) is 0 Å². The summed E-state index contributed by atoms with van der Waals surface area (Å²) in [5.74, 6) is 1.33. The molecule has 1 aliphatic carbocycles. The van der Waals surface area contributed by atoms with Crippen molar-refractivity contribution in [2.24, 2.45) is 10.9 Å². The molecule has 7 heteroatoms. The maximum absolute atomic E-state index is 11.5. The van der Waals surface area contributed by atoms with Crippen LogP contribution in [-0.2, 0) is 4.79 Å². The van der Waals surface area contributed by atoms with Gasteiger partial charge in [-0.3, -0.25) is 9.79 Å². The average molecular weight is 423 g/mol. The summed E-state index contributed by atoms with van der Waals surface area (Å²) >= 11 is 0. The van der Waals surface area contributed by atoms with E-state index in [9.17, 15) is 4.79 Å². The van der Waals surface area contributed by atoms with Gasteiger partial charge >= 0.3 is 0 Å². The van der Waals surface area contributed by atoms with Crippen LogP contribution >= 0.6 is 24.0 Å². The first-order chi connectivity index (χ1) is 10.2. The first-order valence-corrected chi connectivity index (χ1v) is 8.21. The zero-order chi connectivity index (χ0) is 15.1. The van der Waals surface area contributed by atoms with Crippen molar-refractivity contribution in [1.82, 2.24) is 20.9 Å². The summed E-state index contributed by atoms with van der Waals surface area (Å²) in [6.45, 7) is 6.29. The maximum atomic E-state index is 11.5. The lowest BCUT2D eigenvalue weighted by molar-refractivity contribution is -0.122. The second kappa shape index (κ2) is 10.3. The third-order valence-electron chi connectivity index (χ3n) is 4.14. The van der Waals surface area contributed by atoms with Gasteiger partial charge in [-0.2, -0.15) is 0 Å². The van der Waals surface area contributed by atoms with Gasteiger partial charge in [-0.25, -0.2) is 0 Å². The van der Waals surface area contributed by atoms with Gasteiger partial charge in [0.15, 0.2) is 5.96 Å². The summed E-state index contributed by atoms with van der Waals surface area (Å²) in [7, 11) is 2.17. The molecule has 22 heavy (non-hydrogen) atoms. The number of guanidine groups is 1. The van der Waals surface area contributed by atoms with Crippen molar-refractivity contribution < 1.29 is 4.79 Å². The van der Waals surface area contributed by atoms with Gasteiger partial charge in [0, 0.05) is 31.6 Å². The van der Waals surface area contributed by atoms with Crippen LogP contribution in [0.2, 0.25) is 0 Å². The van der Waals surface area contributed by atoms with E-state index in [1.165, 1.54) is 19.4 Å². The Hall–Kier alpha value is -0.570. The van der Waals surface area contributed by atoms with Crippen molar-refractivity contribution in [1.29, 1.82) is 0 Å². The predicted octanol–water partition coefficient (Wildman–Crippen LogP) is 0.780. The Kier molecular flexibility index (Phi) is 9.08. The molecule has 6 nitrogen and oxygen atoms in total. The number of rotatable bonds is 7. The number of nitrogens with one attached hydrogen (secondary N) is 3. The molecule has 0 aromatic carbocycles. The largest absolute Gasteiger partial charge is 0.357 e. The lowest BCUT2D eigenvalue weighted by Crippen LogP contribution is -2.42. The summed E-state index contributed by atoms with van der Waals surface area (Å²) in [5, 5.41) is 9.49. The Bertz CT molecular complexity index is 373. The summed E-state index contributed by atoms with van der Waals surface area (Å²) < 4.78 is 0. The highest BCUT2D eigenvalue weighted by Gasteiger charge is 2.29. The average Bonchev–Trinajstić information content (AvgIpc) is 3.24. The van der Waals surface area contributed by atoms with E-state index in [0.29, 0.717) is 19.1 Å². The minimum atomic E-state index is 0. The van der Waals surface area contributed by atoms with Crippen LogP contribution in [0.3, 0.4) is 0 Å². The van der Waals surface area contributed by atoms with Crippen molar-refractivity contribution in [3.8, 4) is 0 Å². The fourth-order valence-corrected chi connectivity index (χ4v) is 2.60. The second-order valence-electron chi connectivity index (χ2n) is 5.99. The molecule has 0 aromatic rings. The summed E-state index contributed by atoms with van der Waals surface area (Å²) in [6.07, 6.45) is 4.61. The van der Waals surface area contributed by atoms with Crippen LogP contribution in [0, 0.1) is 5.92 Å². The van der Waals surface area contributed by atoms with Crippen molar-refractivity contribution in [2.45, 2.75) is 38.6 Å². The molecule has 0 radical (unpaired) electrons. The van der Waals surface area contributed by atoms with E-state index in [-0.39, 0.29) is 35.8 Å². The number of hydrogen-bond acceptors (Lipinski definition) is 3. The van der Waals surface area contributed by atoms with Crippen LogP contribution in [0.5, 0.6) is 0 Å². The molecule has 2 rings (SSSR count). The minimum Gasteiger partial charge on any atom is -0.357 e. The standard InChI is InChI=1S/C15H29N5O.HI/c1-3-16-15(19-11-13-5-4-10-20(13)2)18-9-8-17-14(21)12-6-7-12;/h12-13H,3-11H2,1-2H3,(H,17,21)(H2,16,18,19);1H. The predicted molar refractivity (Wildman–Crippen MR) is 101 cm³/mol. The second-order valence-corrected chi connectivity index (χ2v) is 5.99. The lowest BCUT2D eigenvalue weighted by Gasteiger charge is -2.18. The summed E-state index contributed by atoms with van der Waals surface area (Å²) in [4.78, 5) is 18.5. The molecule has 128 valence electrons. The van der Waals surface area contributed by atoms with Gasteiger partial charge in [-0.05, 0) is 46.2 Å². The third kappa shape index (κ3) is 6.68. The SMILES string of the molecule is CCNC(=NCC1CCCN1C)NCCNC(=O)C1CC1.I. The quantitative estimate of drug-likeness (QED) is 0.245. The molecule has 1 atom stereocenters. The Morgan fingerprint density at radius 2 is 1.91 bits per heavy atom. The van der Waals surface area contributed by atoms with Gasteiger partial charge in [0.1, 0.15) is 0 Å². The molecule has 1 saturated carbocycles. The molecular formula is C15H30IN5O. The van der Waals surface area contributed by atoms with E-state index < -0.39 is 0 Å². The normalized spacial score (nSPS) is 22.1. The van der Waals surface area contributed by atoms with E-state index in [1.807, 2.05) is 0 Å². The molecule has 0 bridgehead atoms. The highest BCUT2D eigenvalue weighted by molar-refractivity contribution is 14.0. The number of carbonyl (C=O) groups is 1. The first kappa shape index (κ1) is 19.5. The number of likely N-dealkylation sites (N-methyl/N-ethyl adjacent to an activating group) is 1. The zero-order valence-corrected chi connectivity index (χ0v) is 16.1. The molecule has 1 saturated heterocycles. The number of hydrogen-bond donors (Lipinski definition) is 3. The van der Waals surface area contributed by atoms with Crippen LogP contribution in [0.4, 0.5) is 0 Å². The minimum absolute atomic E-state index is 0. The van der Waals surface area contributed by atoms with Gasteiger partial charge in [-0.1, -0.05) is 0 Å². The fraction of sp³-hybridized carbons (Fsp3) is 0.867. The van der Waals surface area contributed by atoms with Crippen molar-refractivity contribution >= 4 is 35.8 Å². The van der Waals surface area contributed by atoms with Gasteiger partial charge in [0.2, 0.25) is 5.91 Å². The number of nitrogens with zero attached hydrogens (tertiary/aromatic N) is 2. The molecule has 1 unspecified atom stereocenters. The summed E-state index contributed by atoms with van der Waals surface area (Å²) in [5.41, 5.74) is 0. The first-order valence-electron chi connectivity index (χ1n) is 8.21. The number of aliphatic imine (C=N–C) groups is 1. The molecule has 1 heterocycles. The zero-order valence-electron chi connectivity index (χ0n) is 13.7. The summed E-state index contributed by atoms with van der Waals surface area (Å²) in [6, 6.07) is 0.565. The molecule has 1 aliphatic heterocycles. The number of likely N-dealkylation sites (tertiary alicyclic amines) is 1. The van der Waals surface area contributed by atoms with Crippen molar-refractivity contribution in [3.05, 3.63) is 0 Å². The molecule has 3 N–H and O–H groups in total. The van der Waals surface area contributed by atoms with Crippen LogP contribution in [0.1, 0.15) is 32.6 Å². The Morgan fingerprint density at radius 1 is 1.18 bits per heavy atom. The van der Waals surface area contributed by atoms with E-state index in [2.05, 4.69) is 39.8 Å². The molecule has 2 aliphatic rings. The number of halogens is 1. The smallest absolute Gasteiger partial charge is 0.223 e. The monoisotopic (exact) mass is 423 g/mol. The topological polar surface area (TPSA) is 68.8 Å². The van der Waals surface area contributed by atoms with Crippen LogP contribution in [0.15, 0.2) is 4.99 Å². The Morgan fingerprint density at radius 3 is 2.50 bits per heavy atom. The lowest BCUT2D eigenvalue weighted by atomic mass is 10.2. The van der Waals surface area contributed by atoms with Crippen LogP contribution < -0.4 is 16.0 Å². The van der Waals surface area contributed by atoms with Gasteiger partial charge in [0.25, 0.3) is 0 Å². The Balaban J connectivity index is 0.00000242. The third-order valence-corrected chi connectivity index (χ3v) is 4.14. The van der Waals surface area contributed by atoms with Crippen LogP contribution in [-0.4, -0.2) is 62.6 Å². The highest BCUT2D eigenvalue weighted by Crippen LogP contribution is 2.28. The van der Waals surface area contributed by atoms with Gasteiger partial charge in [0.05, 0.1) is 6.54 Å². The molecule has 1 amide bonds. The number of amides is 1. The van der Waals surface area contributed by atoms with E-state index >= 15 is 0 Å². The van der Waals surface area contributed by atoms with Gasteiger partial charge < -0.3 is 20.9 Å². The highest BCUT2D eigenvalue weighted by atomic mass is 127. The molecular weight excluding hydrogens is 393 g/mol. The van der Waals surface area contributed by atoms with Gasteiger partial charge in [-0.15, -0.1) is 24.0 Å². The van der Waals surface area contributed by atoms with E-state index in [4.69, 9.17) is 0 Å². The Labute approximate surface area is 150 Å². The molecule has 0 aromatic heterocycles. The van der Waals surface area contributed by atoms with Crippen molar-refractivity contribution in [2.75, 3.05) is 39.8 Å². The number of carbonyl (C=O) groups excluding carboxylic acids is 1. The maximum Gasteiger partial charge on any atom is 0.223 e. The molecule has 0 spiro atoms. The van der Waals surface area contributed by atoms with E-state index in [0.717, 1.165) is 31.9 Å². The van der Waals surface area contributed by atoms with Crippen LogP contribution in [0.25, 0.3) is 0 Å².